The zero-order valence-corrected chi connectivity index (χ0v) is 18.4. The van der Waals surface area contributed by atoms with Gasteiger partial charge in [-0.05, 0) is 49.9 Å². The summed E-state index contributed by atoms with van der Waals surface area (Å²) < 4.78 is 16.8. The topological polar surface area (TPSA) is 44.3 Å². The average Bonchev–Trinajstić information content (AvgIpc) is 2.73. The summed E-state index contributed by atoms with van der Waals surface area (Å²) in [7, 11) is 3.36. The fourth-order valence-corrected chi connectivity index (χ4v) is 4.70. The lowest BCUT2D eigenvalue weighted by Gasteiger charge is -2.45. The Morgan fingerprint density at radius 2 is 1.72 bits per heavy atom. The highest BCUT2D eigenvalue weighted by molar-refractivity contribution is 5.42. The first-order chi connectivity index (χ1) is 14.0. The van der Waals surface area contributed by atoms with Gasteiger partial charge in [-0.3, -0.25) is 0 Å². The van der Waals surface area contributed by atoms with Crippen LogP contribution in [0.3, 0.4) is 0 Å². The number of methoxy groups -OCH3 is 2. The van der Waals surface area contributed by atoms with E-state index in [0.29, 0.717) is 0 Å². The molecule has 29 heavy (non-hydrogen) atoms. The fraction of sp³-hybridized carbons (Fsp3) is 0.520. The van der Waals surface area contributed by atoms with Gasteiger partial charge >= 0.3 is 0 Å². The van der Waals surface area contributed by atoms with E-state index in [0.717, 1.165) is 50.5 Å². The summed E-state index contributed by atoms with van der Waals surface area (Å²) in [6, 6.07) is 17.2. The van der Waals surface area contributed by atoms with E-state index in [-0.39, 0.29) is 11.0 Å². The van der Waals surface area contributed by atoms with Crippen LogP contribution in [0.4, 0.5) is 0 Å². The van der Waals surface area contributed by atoms with Gasteiger partial charge in [-0.1, -0.05) is 36.4 Å². The molecule has 3 rings (SSSR count). The van der Waals surface area contributed by atoms with E-state index in [9.17, 15) is 0 Å². The molecule has 0 saturated carbocycles. The third-order valence-corrected chi connectivity index (χ3v) is 6.14. The summed E-state index contributed by atoms with van der Waals surface area (Å²) in [5.41, 5.74) is 2.89. The van der Waals surface area contributed by atoms with E-state index >= 15 is 0 Å². The van der Waals surface area contributed by atoms with Crippen molar-refractivity contribution in [1.29, 1.82) is 0 Å². The number of rotatable bonds is 9. The highest BCUT2D eigenvalue weighted by Crippen LogP contribution is 2.43. The van der Waals surface area contributed by atoms with Crippen molar-refractivity contribution >= 4 is 0 Å². The van der Waals surface area contributed by atoms with Gasteiger partial charge in [0.2, 0.25) is 0 Å². The summed E-state index contributed by atoms with van der Waals surface area (Å²) in [4.78, 5) is 0. The van der Waals surface area contributed by atoms with Crippen LogP contribution in [0.1, 0.15) is 44.2 Å². The van der Waals surface area contributed by atoms with Crippen LogP contribution < -0.4 is 14.8 Å². The zero-order valence-electron chi connectivity index (χ0n) is 18.4. The van der Waals surface area contributed by atoms with Crippen molar-refractivity contribution in [3.63, 3.8) is 0 Å². The van der Waals surface area contributed by atoms with Crippen LogP contribution >= 0.6 is 0 Å². The van der Waals surface area contributed by atoms with Crippen molar-refractivity contribution in [2.45, 2.75) is 50.5 Å². The maximum atomic E-state index is 6.04. The van der Waals surface area contributed by atoms with Gasteiger partial charge in [-0.25, -0.2) is 0 Å². The molecule has 0 bridgehead atoms. The molecule has 1 atom stereocenters. The Bertz CT molecular complexity index is 775. The predicted octanol–water partition coefficient (Wildman–Crippen LogP) is 3.73. The largest absolute Gasteiger partial charge is 0.493 e. The number of benzene rings is 2. The van der Waals surface area contributed by atoms with Crippen LogP contribution in [0.15, 0.2) is 48.5 Å². The summed E-state index contributed by atoms with van der Waals surface area (Å²) in [6.45, 7) is 7.49. The maximum Gasteiger partial charge on any atom is 0.160 e. The normalized spacial score (nSPS) is 21.0. The van der Waals surface area contributed by atoms with Gasteiger partial charge in [0.1, 0.15) is 0 Å². The van der Waals surface area contributed by atoms with Crippen molar-refractivity contribution in [2.75, 3.05) is 33.9 Å². The van der Waals surface area contributed by atoms with Crippen LogP contribution in [-0.2, 0) is 16.6 Å². The molecule has 0 radical (unpaired) electrons. The molecule has 0 amide bonds. The third kappa shape index (κ3) is 5.52. The quantitative estimate of drug-likeness (QED) is 0.655. The second-order valence-corrected chi connectivity index (χ2v) is 8.74. The second-order valence-electron chi connectivity index (χ2n) is 8.74. The number of quaternary nitrogens is 1. The molecule has 0 spiro atoms. The Morgan fingerprint density at radius 3 is 2.41 bits per heavy atom. The van der Waals surface area contributed by atoms with Gasteiger partial charge in [0.15, 0.2) is 11.5 Å². The lowest BCUT2D eigenvalue weighted by Crippen LogP contribution is -2.85. The number of ether oxygens (including phenoxy) is 3. The van der Waals surface area contributed by atoms with E-state index in [1.807, 2.05) is 6.07 Å². The van der Waals surface area contributed by atoms with Crippen LogP contribution in [0.5, 0.6) is 11.5 Å². The molecule has 1 aliphatic rings. The lowest BCUT2D eigenvalue weighted by atomic mass is 9.67. The number of nitrogens with two attached hydrogens (primary N) is 1. The first-order valence-corrected chi connectivity index (χ1v) is 10.7. The maximum absolute atomic E-state index is 6.04. The van der Waals surface area contributed by atoms with Crippen LogP contribution in [-0.4, -0.2) is 39.5 Å². The lowest BCUT2D eigenvalue weighted by molar-refractivity contribution is -0.655. The Labute approximate surface area is 175 Å². The van der Waals surface area contributed by atoms with Gasteiger partial charge in [0, 0.05) is 24.9 Å². The van der Waals surface area contributed by atoms with Gasteiger partial charge < -0.3 is 19.5 Å². The number of hydrogen-bond acceptors (Lipinski definition) is 3. The summed E-state index contributed by atoms with van der Waals surface area (Å²) >= 11 is 0. The molecule has 1 fully saturated rings. The minimum absolute atomic E-state index is 0.0618. The Hall–Kier alpha value is -2.04. The highest BCUT2D eigenvalue weighted by atomic mass is 16.5. The van der Waals surface area contributed by atoms with E-state index in [1.165, 1.54) is 17.5 Å². The van der Waals surface area contributed by atoms with E-state index in [4.69, 9.17) is 14.2 Å². The van der Waals surface area contributed by atoms with Crippen LogP contribution in [0.2, 0.25) is 0 Å². The van der Waals surface area contributed by atoms with Crippen LogP contribution in [0.25, 0.3) is 0 Å². The second kappa shape index (κ2) is 9.64. The van der Waals surface area contributed by atoms with Gasteiger partial charge in [0.25, 0.3) is 0 Å². The van der Waals surface area contributed by atoms with Crippen LogP contribution in [0, 0.1) is 0 Å². The molecule has 2 aromatic rings. The predicted molar refractivity (Wildman–Crippen MR) is 117 cm³/mol. The smallest absolute Gasteiger partial charge is 0.160 e. The molecule has 0 unspecified atom stereocenters. The molecule has 0 aromatic heterocycles. The van der Waals surface area contributed by atoms with E-state index in [1.54, 1.807) is 14.2 Å². The number of hydrogen-bond donors (Lipinski definition) is 1. The summed E-state index contributed by atoms with van der Waals surface area (Å²) in [5, 5.41) is 2.45. The van der Waals surface area contributed by atoms with E-state index < -0.39 is 0 Å². The zero-order chi connectivity index (χ0) is 20.7. The minimum atomic E-state index is -0.0618. The molecular formula is C25H36NO3+. The summed E-state index contributed by atoms with van der Waals surface area (Å²) in [5.74, 6) is 1.59. The first kappa shape index (κ1) is 21.7. The third-order valence-electron chi connectivity index (χ3n) is 6.14. The van der Waals surface area contributed by atoms with Crippen molar-refractivity contribution in [3.05, 3.63) is 59.7 Å². The van der Waals surface area contributed by atoms with E-state index in [2.05, 4.69) is 61.6 Å². The average molecular weight is 399 g/mol. The standard InChI is InChI=1S/C25H35NO3/c1-24(2)19-25(14-17-29-24,21-8-6-5-7-9-21)13-16-26-15-12-20-10-11-22(27-3)23(18-20)28-4/h5-11,18,26H,12-17,19H2,1-4H3/p+1/t25-/m1/s1. The van der Waals surface area contributed by atoms with Gasteiger partial charge in [0.05, 0.1) is 32.9 Å². The molecule has 4 heteroatoms. The molecule has 4 nitrogen and oxygen atoms in total. The van der Waals surface area contributed by atoms with Gasteiger partial charge in [-0.2, -0.15) is 0 Å². The molecule has 158 valence electrons. The first-order valence-electron chi connectivity index (χ1n) is 10.7. The Morgan fingerprint density at radius 1 is 0.966 bits per heavy atom. The van der Waals surface area contributed by atoms with Crippen molar-refractivity contribution in [3.8, 4) is 11.5 Å². The molecule has 1 heterocycles. The van der Waals surface area contributed by atoms with Crippen molar-refractivity contribution in [2.24, 2.45) is 0 Å². The van der Waals surface area contributed by atoms with Crippen molar-refractivity contribution < 1.29 is 19.5 Å². The molecular weight excluding hydrogens is 362 g/mol. The molecule has 2 N–H and O–H groups in total. The molecule has 1 aliphatic heterocycles. The van der Waals surface area contributed by atoms with Gasteiger partial charge in [-0.15, -0.1) is 0 Å². The Kier molecular flexibility index (Phi) is 7.20. The molecule has 2 aromatic carbocycles. The summed E-state index contributed by atoms with van der Waals surface area (Å²) in [6.07, 6.45) is 4.38. The monoisotopic (exact) mass is 398 g/mol. The molecule has 0 aliphatic carbocycles. The van der Waals surface area contributed by atoms with Crippen molar-refractivity contribution in [1.82, 2.24) is 0 Å². The fourth-order valence-electron chi connectivity index (χ4n) is 4.70. The Balaban J connectivity index is 1.57. The highest BCUT2D eigenvalue weighted by Gasteiger charge is 2.42. The molecule has 1 saturated heterocycles. The minimum Gasteiger partial charge on any atom is -0.493 e. The SMILES string of the molecule is COc1ccc(CC[NH2+]CC[C@@]2(c3ccccc3)CCOC(C)(C)C2)cc1OC.